The molecule has 1 rings (SSSR count). The highest BCUT2D eigenvalue weighted by molar-refractivity contribution is 5.24. The van der Waals surface area contributed by atoms with Crippen molar-refractivity contribution >= 4 is 0 Å². The van der Waals surface area contributed by atoms with E-state index < -0.39 is 5.54 Å². The van der Waals surface area contributed by atoms with Gasteiger partial charge < -0.3 is 0 Å². The number of aryl methyl sites for hydroxylation is 2. The smallest absolute Gasteiger partial charge is 0.103 e. The highest BCUT2D eigenvalue weighted by atomic mass is 15.3. The molecule has 0 amide bonds. The fraction of sp³-hybridized carbons (Fsp3) is 0.750. The minimum atomic E-state index is -0.417. The molecule has 20 heavy (non-hydrogen) atoms. The third-order valence-corrected chi connectivity index (χ3v) is 3.94. The zero-order chi connectivity index (χ0) is 15.2. The molecule has 0 saturated carbocycles. The SMILES string of the molecule is CCCNC(C)(C#N)CCCn1nc(C)c(CC)c1C. The molecule has 1 heterocycles. The largest absolute Gasteiger partial charge is 0.300 e. The molecule has 0 spiro atoms. The molecule has 1 aromatic rings. The number of nitrogens with zero attached hydrogens (tertiary/aromatic N) is 3. The van der Waals surface area contributed by atoms with Crippen LogP contribution in [-0.2, 0) is 13.0 Å². The second-order valence-electron chi connectivity index (χ2n) is 5.70. The summed E-state index contributed by atoms with van der Waals surface area (Å²) in [6.07, 6.45) is 3.90. The van der Waals surface area contributed by atoms with Gasteiger partial charge in [0.1, 0.15) is 5.54 Å². The molecule has 0 fully saturated rings. The number of hydrogen-bond acceptors (Lipinski definition) is 3. The van der Waals surface area contributed by atoms with Crippen LogP contribution in [0.1, 0.15) is 57.0 Å². The molecule has 0 aromatic carbocycles. The van der Waals surface area contributed by atoms with Crippen LogP contribution in [0.15, 0.2) is 0 Å². The van der Waals surface area contributed by atoms with Crippen molar-refractivity contribution in [3.8, 4) is 6.07 Å². The summed E-state index contributed by atoms with van der Waals surface area (Å²) in [5.74, 6) is 0. The molecule has 0 aliphatic heterocycles. The maximum atomic E-state index is 9.32. The Morgan fingerprint density at radius 1 is 1.35 bits per heavy atom. The van der Waals surface area contributed by atoms with E-state index in [1.165, 1.54) is 11.3 Å². The first-order chi connectivity index (χ1) is 9.47. The Balaban J connectivity index is 2.58. The quantitative estimate of drug-likeness (QED) is 0.793. The van der Waals surface area contributed by atoms with Gasteiger partial charge in [-0.15, -0.1) is 0 Å². The van der Waals surface area contributed by atoms with Crippen molar-refractivity contribution in [2.45, 2.75) is 72.4 Å². The van der Waals surface area contributed by atoms with Crippen LogP contribution in [-0.4, -0.2) is 21.9 Å². The van der Waals surface area contributed by atoms with Gasteiger partial charge in [0.2, 0.25) is 0 Å². The van der Waals surface area contributed by atoms with Gasteiger partial charge in [-0.05, 0) is 58.6 Å². The molecule has 0 saturated heterocycles. The molecule has 0 radical (unpaired) electrons. The number of rotatable bonds is 8. The highest BCUT2D eigenvalue weighted by Gasteiger charge is 2.22. The highest BCUT2D eigenvalue weighted by Crippen LogP contribution is 2.16. The number of nitrogens with one attached hydrogen (secondary N) is 1. The second kappa shape index (κ2) is 7.44. The van der Waals surface area contributed by atoms with E-state index in [2.05, 4.69) is 48.9 Å². The summed E-state index contributed by atoms with van der Waals surface area (Å²) in [6, 6.07) is 2.40. The van der Waals surface area contributed by atoms with Crippen molar-refractivity contribution in [1.29, 1.82) is 5.26 Å². The van der Waals surface area contributed by atoms with E-state index in [1.54, 1.807) is 0 Å². The first-order valence-corrected chi connectivity index (χ1v) is 7.66. The number of hydrogen-bond donors (Lipinski definition) is 1. The van der Waals surface area contributed by atoms with Gasteiger partial charge in [0.25, 0.3) is 0 Å². The van der Waals surface area contributed by atoms with E-state index in [0.29, 0.717) is 0 Å². The van der Waals surface area contributed by atoms with Crippen LogP contribution in [0.5, 0.6) is 0 Å². The summed E-state index contributed by atoms with van der Waals surface area (Å²) < 4.78 is 2.09. The Morgan fingerprint density at radius 2 is 2.05 bits per heavy atom. The van der Waals surface area contributed by atoms with Gasteiger partial charge in [-0.2, -0.15) is 10.4 Å². The van der Waals surface area contributed by atoms with Crippen LogP contribution < -0.4 is 5.32 Å². The molecule has 1 aromatic heterocycles. The first-order valence-electron chi connectivity index (χ1n) is 7.66. The minimum Gasteiger partial charge on any atom is -0.300 e. The van der Waals surface area contributed by atoms with Crippen molar-refractivity contribution in [2.24, 2.45) is 0 Å². The minimum absolute atomic E-state index is 0.417. The standard InChI is InChI=1S/C16H28N4/c1-6-10-18-16(5,12-17)9-8-11-20-14(4)15(7-2)13(3)19-20/h18H,6-11H2,1-5H3. The van der Waals surface area contributed by atoms with Gasteiger partial charge in [-0.25, -0.2) is 0 Å². The molecule has 112 valence electrons. The van der Waals surface area contributed by atoms with Crippen LogP contribution in [0, 0.1) is 25.2 Å². The molecule has 4 nitrogen and oxygen atoms in total. The van der Waals surface area contributed by atoms with Gasteiger partial charge >= 0.3 is 0 Å². The lowest BCUT2D eigenvalue weighted by molar-refractivity contribution is 0.388. The van der Waals surface area contributed by atoms with Gasteiger partial charge in [-0.1, -0.05) is 13.8 Å². The second-order valence-corrected chi connectivity index (χ2v) is 5.70. The van der Waals surface area contributed by atoms with E-state index >= 15 is 0 Å². The summed E-state index contributed by atoms with van der Waals surface area (Å²) in [5, 5.41) is 17.3. The average Bonchev–Trinajstić information content (AvgIpc) is 2.71. The fourth-order valence-electron chi connectivity index (χ4n) is 2.63. The van der Waals surface area contributed by atoms with E-state index in [0.717, 1.165) is 44.5 Å². The van der Waals surface area contributed by atoms with Crippen molar-refractivity contribution in [3.63, 3.8) is 0 Å². The Kier molecular flexibility index (Phi) is 6.22. The predicted octanol–water partition coefficient (Wildman–Crippen LogP) is 3.12. The Bertz CT molecular complexity index is 470. The third-order valence-electron chi connectivity index (χ3n) is 3.94. The molecular formula is C16H28N4. The summed E-state index contributed by atoms with van der Waals surface area (Å²) in [6.45, 7) is 12.3. The zero-order valence-electron chi connectivity index (χ0n) is 13.6. The lowest BCUT2D eigenvalue weighted by atomic mass is 9.97. The van der Waals surface area contributed by atoms with E-state index in [-0.39, 0.29) is 0 Å². The topological polar surface area (TPSA) is 53.6 Å². The van der Waals surface area contributed by atoms with Crippen molar-refractivity contribution in [2.75, 3.05) is 6.54 Å². The molecule has 1 unspecified atom stereocenters. The van der Waals surface area contributed by atoms with Gasteiger partial charge in [0.05, 0.1) is 11.8 Å². The lowest BCUT2D eigenvalue weighted by Gasteiger charge is -2.23. The molecule has 0 aliphatic carbocycles. The predicted molar refractivity (Wildman–Crippen MR) is 82.6 cm³/mol. The first kappa shape index (κ1) is 16.7. The van der Waals surface area contributed by atoms with Crippen LogP contribution in [0.4, 0.5) is 0 Å². The maximum absolute atomic E-state index is 9.32. The lowest BCUT2D eigenvalue weighted by Crippen LogP contribution is -2.41. The zero-order valence-corrected chi connectivity index (χ0v) is 13.6. The van der Waals surface area contributed by atoms with Crippen LogP contribution in [0.3, 0.4) is 0 Å². The van der Waals surface area contributed by atoms with Gasteiger partial charge in [0, 0.05) is 12.2 Å². The van der Waals surface area contributed by atoms with Crippen LogP contribution in [0.2, 0.25) is 0 Å². The maximum Gasteiger partial charge on any atom is 0.103 e. The normalized spacial score (nSPS) is 14.0. The Morgan fingerprint density at radius 3 is 2.55 bits per heavy atom. The summed E-state index contributed by atoms with van der Waals surface area (Å²) in [4.78, 5) is 0. The summed E-state index contributed by atoms with van der Waals surface area (Å²) in [5.41, 5.74) is 3.35. The van der Waals surface area contributed by atoms with Crippen LogP contribution in [0.25, 0.3) is 0 Å². The van der Waals surface area contributed by atoms with Crippen molar-refractivity contribution in [3.05, 3.63) is 17.0 Å². The van der Waals surface area contributed by atoms with Crippen LogP contribution >= 0.6 is 0 Å². The van der Waals surface area contributed by atoms with E-state index in [4.69, 9.17) is 0 Å². The van der Waals surface area contributed by atoms with Crippen molar-refractivity contribution in [1.82, 2.24) is 15.1 Å². The molecule has 0 aliphatic rings. The van der Waals surface area contributed by atoms with Crippen molar-refractivity contribution < 1.29 is 0 Å². The molecule has 0 bridgehead atoms. The Labute approximate surface area is 123 Å². The third kappa shape index (κ3) is 4.08. The number of aromatic nitrogens is 2. The van der Waals surface area contributed by atoms with Gasteiger partial charge in [-0.3, -0.25) is 10.00 Å². The van der Waals surface area contributed by atoms with E-state index in [1.807, 2.05) is 6.92 Å². The Hall–Kier alpha value is -1.34. The molecule has 1 N–H and O–H groups in total. The monoisotopic (exact) mass is 276 g/mol. The van der Waals surface area contributed by atoms with Gasteiger partial charge in [0.15, 0.2) is 0 Å². The summed E-state index contributed by atoms with van der Waals surface area (Å²) >= 11 is 0. The molecular weight excluding hydrogens is 248 g/mol. The number of nitriles is 1. The van der Waals surface area contributed by atoms with E-state index in [9.17, 15) is 5.26 Å². The summed E-state index contributed by atoms with van der Waals surface area (Å²) in [7, 11) is 0. The average molecular weight is 276 g/mol. The molecule has 4 heteroatoms. The fourth-order valence-corrected chi connectivity index (χ4v) is 2.63. The molecule has 1 atom stereocenters.